The Balaban J connectivity index is 1.43. The molecule has 2 aliphatic heterocycles. The predicted octanol–water partition coefficient (Wildman–Crippen LogP) is 4.18. The lowest BCUT2D eigenvalue weighted by Gasteiger charge is -2.32. The van der Waals surface area contributed by atoms with Crippen LogP contribution in [0, 0.1) is 19.8 Å². The van der Waals surface area contributed by atoms with Crippen molar-refractivity contribution in [2.45, 2.75) is 45.3 Å². The van der Waals surface area contributed by atoms with Crippen LogP contribution in [0.4, 0.5) is 19.1 Å². The van der Waals surface area contributed by atoms with E-state index in [0.717, 1.165) is 40.8 Å². The topological polar surface area (TPSA) is 72.3 Å². The zero-order valence-corrected chi connectivity index (χ0v) is 19.7. The molecular weight excluding hydrogens is 459 g/mol. The third kappa shape index (κ3) is 4.71. The van der Waals surface area contributed by atoms with Crippen molar-refractivity contribution in [2.24, 2.45) is 5.92 Å². The molecule has 2 fully saturated rings. The molecule has 1 N–H and O–H groups in total. The fourth-order valence-corrected chi connectivity index (χ4v) is 4.75. The maximum absolute atomic E-state index is 13.1. The van der Waals surface area contributed by atoms with E-state index < -0.39 is 11.7 Å². The molecule has 5 rings (SSSR count). The molecule has 0 saturated carbocycles. The first-order valence-corrected chi connectivity index (χ1v) is 11.9. The van der Waals surface area contributed by atoms with Gasteiger partial charge in [0.25, 0.3) is 0 Å². The number of rotatable bonds is 4. The fraction of sp³-hybridized carbons (Fsp3) is 0.480. The maximum atomic E-state index is 13.1. The van der Waals surface area contributed by atoms with E-state index in [1.165, 1.54) is 6.07 Å². The molecule has 10 heteroatoms. The molecular formula is C25H28F3N5O2. The molecule has 4 heterocycles. The van der Waals surface area contributed by atoms with Gasteiger partial charge in [-0.05, 0) is 68.5 Å². The van der Waals surface area contributed by atoms with Crippen LogP contribution < -0.4 is 10.2 Å². The molecule has 1 amide bonds. The molecule has 0 aliphatic carbocycles. The summed E-state index contributed by atoms with van der Waals surface area (Å²) in [6.07, 6.45) is -1.42. The molecule has 35 heavy (non-hydrogen) atoms. The van der Waals surface area contributed by atoms with Crippen molar-refractivity contribution < 1.29 is 22.7 Å². The van der Waals surface area contributed by atoms with Crippen molar-refractivity contribution in [1.29, 1.82) is 0 Å². The van der Waals surface area contributed by atoms with Crippen LogP contribution in [0.3, 0.4) is 0 Å². The number of ether oxygens (including phenoxy) is 1. The van der Waals surface area contributed by atoms with Crippen LogP contribution in [-0.4, -0.2) is 52.8 Å². The van der Waals surface area contributed by atoms with Gasteiger partial charge in [-0.25, -0.2) is 9.97 Å². The summed E-state index contributed by atoms with van der Waals surface area (Å²) in [5.41, 5.74) is 2.89. The fourth-order valence-electron chi connectivity index (χ4n) is 4.75. The Morgan fingerprint density at radius 3 is 2.49 bits per heavy atom. The molecule has 1 aromatic carbocycles. The maximum Gasteiger partial charge on any atom is 0.417 e. The standard InChI is InChI=1S/C25H28F3N5O2/c1-15-11-20-21(12-16(15)2)33(22-4-3-18(13-29-22)25(26,27)28)24(31-20)32-8-5-17(6-9-32)23(34)30-19-7-10-35-14-19/h3-4,11-13,17,19H,5-10,14H2,1-2H3,(H,30,34)/t19-/m1/s1. The zero-order valence-electron chi connectivity index (χ0n) is 19.7. The third-order valence-corrected chi connectivity index (χ3v) is 6.98. The molecule has 0 unspecified atom stereocenters. The van der Waals surface area contributed by atoms with Crippen molar-refractivity contribution in [2.75, 3.05) is 31.2 Å². The number of hydrogen-bond acceptors (Lipinski definition) is 5. The minimum atomic E-state index is -4.45. The number of hydrogen-bond donors (Lipinski definition) is 1. The zero-order chi connectivity index (χ0) is 24.7. The summed E-state index contributed by atoms with van der Waals surface area (Å²) in [5, 5.41) is 3.09. The second-order valence-electron chi connectivity index (χ2n) is 9.41. The number of carbonyl (C=O) groups excluding carboxylic acids is 1. The summed E-state index contributed by atoms with van der Waals surface area (Å²) < 4.78 is 46.5. The van der Waals surface area contributed by atoms with Gasteiger partial charge < -0.3 is 15.0 Å². The summed E-state index contributed by atoms with van der Waals surface area (Å²) in [6.45, 7) is 6.46. The Hall–Kier alpha value is -3.14. The SMILES string of the molecule is Cc1cc2nc(N3CCC(C(=O)N[C@@H]4CCOC4)CC3)n(-c3ccc(C(F)(F)F)cn3)c2cc1C. The van der Waals surface area contributed by atoms with Gasteiger partial charge in [-0.1, -0.05) is 0 Å². The van der Waals surface area contributed by atoms with Crippen LogP contribution in [0.2, 0.25) is 0 Å². The number of aryl methyl sites for hydroxylation is 2. The largest absolute Gasteiger partial charge is 0.417 e. The molecule has 2 aliphatic rings. The van der Waals surface area contributed by atoms with Crippen molar-refractivity contribution in [3.63, 3.8) is 0 Å². The van der Waals surface area contributed by atoms with Crippen LogP contribution in [0.5, 0.6) is 0 Å². The molecule has 0 bridgehead atoms. The number of carbonyl (C=O) groups is 1. The Kier molecular flexibility index (Phi) is 6.16. The van der Waals surface area contributed by atoms with Crippen molar-refractivity contribution >= 4 is 22.9 Å². The molecule has 2 aromatic heterocycles. The van der Waals surface area contributed by atoms with E-state index in [1.807, 2.05) is 30.5 Å². The Morgan fingerprint density at radius 2 is 1.86 bits per heavy atom. The minimum Gasteiger partial charge on any atom is -0.379 e. The molecule has 2 saturated heterocycles. The van der Waals surface area contributed by atoms with Crippen molar-refractivity contribution in [1.82, 2.24) is 19.9 Å². The van der Waals surface area contributed by atoms with Crippen LogP contribution in [0.25, 0.3) is 16.9 Å². The lowest BCUT2D eigenvalue weighted by molar-refractivity contribution is -0.137. The van der Waals surface area contributed by atoms with E-state index in [-0.39, 0.29) is 17.9 Å². The summed E-state index contributed by atoms with van der Waals surface area (Å²) in [4.78, 5) is 23.8. The Labute approximate surface area is 201 Å². The third-order valence-electron chi connectivity index (χ3n) is 6.98. The Bertz CT molecular complexity index is 1220. The van der Waals surface area contributed by atoms with Crippen LogP contribution >= 0.6 is 0 Å². The predicted molar refractivity (Wildman–Crippen MR) is 126 cm³/mol. The highest BCUT2D eigenvalue weighted by atomic mass is 19.4. The Morgan fingerprint density at radius 1 is 1.11 bits per heavy atom. The lowest BCUT2D eigenvalue weighted by Crippen LogP contribution is -2.44. The molecule has 0 radical (unpaired) electrons. The van der Waals surface area contributed by atoms with Gasteiger partial charge in [-0.3, -0.25) is 9.36 Å². The second kappa shape index (κ2) is 9.14. The number of aromatic nitrogens is 3. The quantitative estimate of drug-likeness (QED) is 0.598. The van der Waals surface area contributed by atoms with Gasteiger partial charge in [0.15, 0.2) is 0 Å². The van der Waals surface area contributed by atoms with E-state index in [2.05, 4.69) is 15.2 Å². The van der Waals surface area contributed by atoms with E-state index in [4.69, 9.17) is 9.72 Å². The number of halogens is 3. The molecule has 0 spiro atoms. The second-order valence-corrected chi connectivity index (χ2v) is 9.41. The summed E-state index contributed by atoms with van der Waals surface area (Å²) >= 11 is 0. The van der Waals surface area contributed by atoms with Crippen LogP contribution in [0.15, 0.2) is 30.5 Å². The number of amides is 1. The average Bonchev–Trinajstić information content (AvgIpc) is 3.47. The first kappa shape index (κ1) is 23.6. The van der Waals surface area contributed by atoms with E-state index in [1.54, 1.807) is 0 Å². The molecule has 1 atom stereocenters. The highest BCUT2D eigenvalue weighted by molar-refractivity contribution is 5.83. The van der Waals surface area contributed by atoms with Gasteiger partial charge in [0.1, 0.15) is 5.82 Å². The molecule has 7 nitrogen and oxygen atoms in total. The van der Waals surface area contributed by atoms with Gasteiger partial charge >= 0.3 is 6.18 Å². The summed E-state index contributed by atoms with van der Waals surface area (Å²) in [6, 6.07) is 6.49. The number of alkyl halides is 3. The highest BCUT2D eigenvalue weighted by Gasteiger charge is 2.32. The molecule has 3 aromatic rings. The van der Waals surface area contributed by atoms with Gasteiger partial charge in [0.2, 0.25) is 11.9 Å². The first-order chi connectivity index (χ1) is 16.7. The van der Waals surface area contributed by atoms with Gasteiger partial charge in [-0.2, -0.15) is 13.2 Å². The highest BCUT2D eigenvalue weighted by Crippen LogP contribution is 2.33. The van der Waals surface area contributed by atoms with Gasteiger partial charge in [0.05, 0.1) is 29.2 Å². The number of pyridine rings is 1. The van der Waals surface area contributed by atoms with E-state index in [9.17, 15) is 18.0 Å². The number of imidazole rings is 1. The summed E-state index contributed by atoms with van der Waals surface area (Å²) in [5.74, 6) is 0.975. The number of nitrogens with one attached hydrogen (secondary N) is 1. The number of nitrogens with zero attached hydrogens (tertiary/aromatic N) is 4. The normalized spacial score (nSPS) is 19.5. The van der Waals surface area contributed by atoms with E-state index in [0.29, 0.717) is 50.9 Å². The number of benzene rings is 1. The average molecular weight is 488 g/mol. The minimum absolute atomic E-state index is 0.0595. The van der Waals surface area contributed by atoms with E-state index >= 15 is 0 Å². The first-order valence-electron chi connectivity index (χ1n) is 11.9. The van der Waals surface area contributed by atoms with Crippen LogP contribution in [-0.2, 0) is 15.7 Å². The summed E-state index contributed by atoms with van der Waals surface area (Å²) in [7, 11) is 0. The molecule has 186 valence electrons. The van der Waals surface area contributed by atoms with Gasteiger partial charge in [-0.15, -0.1) is 0 Å². The van der Waals surface area contributed by atoms with Gasteiger partial charge in [0, 0.05) is 31.8 Å². The van der Waals surface area contributed by atoms with Crippen LogP contribution in [0.1, 0.15) is 36.0 Å². The smallest absolute Gasteiger partial charge is 0.379 e. The number of fused-ring (bicyclic) bond motifs is 1. The number of anilines is 1. The monoisotopic (exact) mass is 487 g/mol. The van der Waals surface area contributed by atoms with Crippen molar-refractivity contribution in [3.8, 4) is 5.82 Å². The van der Waals surface area contributed by atoms with Crippen molar-refractivity contribution in [3.05, 3.63) is 47.2 Å². The lowest BCUT2D eigenvalue weighted by atomic mass is 9.95. The number of piperidine rings is 1.